The van der Waals surface area contributed by atoms with Crippen molar-refractivity contribution >= 4 is 56.8 Å². The van der Waals surface area contributed by atoms with Crippen LogP contribution in [0.15, 0.2) is 10.2 Å². The number of aromatic nitrogens is 4. The third-order valence-corrected chi connectivity index (χ3v) is 5.01. The first-order chi connectivity index (χ1) is 8.41. The van der Waals surface area contributed by atoms with E-state index in [9.17, 15) is 0 Å². The molecule has 0 fully saturated rings. The molecule has 6 nitrogen and oxygen atoms in total. The highest BCUT2D eigenvalue weighted by Crippen LogP contribution is 2.28. The summed E-state index contributed by atoms with van der Waals surface area (Å²) in [6.45, 7) is 3.91. The van der Waals surface area contributed by atoms with E-state index in [0.717, 1.165) is 30.2 Å². The predicted molar refractivity (Wildman–Crippen MR) is 85.5 cm³/mol. The fourth-order valence-corrected chi connectivity index (χ4v) is 2.68. The van der Waals surface area contributed by atoms with E-state index in [1.807, 2.05) is 27.9 Å². The van der Waals surface area contributed by atoms with Crippen LogP contribution in [0, 0.1) is 21.0 Å². The lowest BCUT2D eigenvalue weighted by atomic mass is 10.5. The van der Waals surface area contributed by atoms with Crippen molar-refractivity contribution < 1.29 is 0 Å². The van der Waals surface area contributed by atoms with Crippen molar-refractivity contribution in [2.75, 3.05) is 0 Å². The summed E-state index contributed by atoms with van der Waals surface area (Å²) in [4.78, 5) is 0. The molecule has 0 aliphatic rings. The highest BCUT2D eigenvalue weighted by atomic mass is 127. The van der Waals surface area contributed by atoms with Crippen LogP contribution in [-0.2, 0) is 14.1 Å². The Morgan fingerprint density at radius 2 is 1.17 bits per heavy atom. The van der Waals surface area contributed by atoms with Gasteiger partial charge in [0.2, 0.25) is 0 Å². The quantitative estimate of drug-likeness (QED) is 0.500. The lowest BCUT2D eigenvalue weighted by molar-refractivity contribution is 0.739. The molecule has 0 radical (unpaired) electrons. The van der Waals surface area contributed by atoms with Gasteiger partial charge < -0.3 is 0 Å². The van der Waals surface area contributed by atoms with Gasteiger partial charge in [0.1, 0.15) is 0 Å². The van der Waals surface area contributed by atoms with Gasteiger partial charge in [0.05, 0.1) is 18.5 Å². The molecule has 18 heavy (non-hydrogen) atoms. The fraction of sp³-hybridized carbons (Fsp3) is 0.400. The van der Waals surface area contributed by atoms with Crippen molar-refractivity contribution in [3.8, 4) is 0 Å². The van der Waals surface area contributed by atoms with Crippen LogP contribution < -0.4 is 0 Å². The summed E-state index contributed by atoms with van der Waals surface area (Å²) in [6, 6.07) is 0. The molecule has 2 heterocycles. The van der Waals surface area contributed by atoms with Crippen LogP contribution in [0.4, 0.5) is 11.6 Å². The van der Waals surface area contributed by atoms with E-state index < -0.39 is 0 Å². The van der Waals surface area contributed by atoms with Gasteiger partial charge in [0, 0.05) is 14.1 Å². The number of azo groups is 1. The van der Waals surface area contributed by atoms with Gasteiger partial charge in [-0.2, -0.15) is 10.2 Å². The van der Waals surface area contributed by atoms with Crippen molar-refractivity contribution in [2.45, 2.75) is 13.8 Å². The summed E-state index contributed by atoms with van der Waals surface area (Å²) in [5.74, 6) is 1.53. The number of hydrogen-bond donors (Lipinski definition) is 0. The van der Waals surface area contributed by atoms with Gasteiger partial charge in [-0.15, -0.1) is 10.2 Å². The molecule has 0 atom stereocenters. The fourth-order valence-electron chi connectivity index (χ4n) is 1.55. The Hall–Kier alpha value is -0.520. The first-order valence-corrected chi connectivity index (χ1v) is 7.37. The number of rotatable bonds is 2. The average molecular weight is 470 g/mol. The molecule has 0 unspecified atom stereocenters. The van der Waals surface area contributed by atoms with Crippen LogP contribution in [-0.4, -0.2) is 19.6 Å². The Kier molecular flexibility index (Phi) is 4.04. The molecule has 2 aromatic heterocycles. The molecule has 0 amide bonds. The molecule has 0 saturated heterocycles. The SMILES string of the molecule is Cc1nn(C)c(/N=N/c2c(I)c(C)nn2C)c1I. The molecule has 0 N–H and O–H groups in total. The second-order valence-corrected chi connectivity index (χ2v) is 6.05. The van der Waals surface area contributed by atoms with Gasteiger partial charge in [0.25, 0.3) is 0 Å². The predicted octanol–water partition coefficient (Wildman–Crippen LogP) is 3.40. The summed E-state index contributed by atoms with van der Waals surface area (Å²) in [6.07, 6.45) is 0. The lowest BCUT2D eigenvalue weighted by Gasteiger charge is -1.96. The Labute approximate surface area is 132 Å². The molecule has 0 aliphatic carbocycles. The minimum atomic E-state index is 0.766. The maximum absolute atomic E-state index is 4.30. The first-order valence-electron chi connectivity index (χ1n) is 5.21. The topological polar surface area (TPSA) is 60.4 Å². The van der Waals surface area contributed by atoms with Gasteiger partial charge in [-0.3, -0.25) is 0 Å². The highest BCUT2D eigenvalue weighted by molar-refractivity contribution is 14.1. The zero-order chi connectivity index (χ0) is 13.4. The maximum atomic E-state index is 4.30. The molecular formula is C10H12I2N6. The number of aryl methyl sites for hydroxylation is 4. The van der Waals surface area contributed by atoms with Crippen LogP contribution in [0.25, 0.3) is 0 Å². The monoisotopic (exact) mass is 470 g/mol. The molecule has 96 valence electrons. The second kappa shape index (κ2) is 5.23. The van der Waals surface area contributed by atoms with E-state index in [-0.39, 0.29) is 0 Å². The third kappa shape index (κ3) is 2.44. The van der Waals surface area contributed by atoms with Gasteiger partial charge in [-0.05, 0) is 59.0 Å². The zero-order valence-corrected chi connectivity index (χ0v) is 14.8. The summed E-state index contributed by atoms with van der Waals surface area (Å²) < 4.78 is 5.51. The highest BCUT2D eigenvalue weighted by Gasteiger charge is 2.12. The molecule has 0 bridgehead atoms. The minimum Gasteiger partial charge on any atom is -0.248 e. The van der Waals surface area contributed by atoms with E-state index in [1.54, 1.807) is 9.36 Å². The lowest BCUT2D eigenvalue weighted by Crippen LogP contribution is -1.90. The summed E-state index contributed by atoms with van der Waals surface area (Å²) >= 11 is 4.46. The van der Waals surface area contributed by atoms with Crippen molar-refractivity contribution in [1.29, 1.82) is 0 Å². The second-order valence-electron chi connectivity index (χ2n) is 3.89. The number of nitrogens with zero attached hydrogens (tertiary/aromatic N) is 6. The van der Waals surface area contributed by atoms with Gasteiger partial charge in [0.15, 0.2) is 11.6 Å². The average Bonchev–Trinajstić information content (AvgIpc) is 2.67. The van der Waals surface area contributed by atoms with Crippen molar-refractivity contribution in [3.63, 3.8) is 0 Å². The summed E-state index contributed by atoms with van der Waals surface area (Å²) in [7, 11) is 3.73. The molecule has 0 aliphatic heterocycles. The largest absolute Gasteiger partial charge is 0.248 e. The summed E-state index contributed by atoms with van der Waals surface area (Å²) in [5, 5.41) is 17.2. The van der Waals surface area contributed by atoms with E-state index in [4.69, 9.17) is 0 Å². The summed E-state index contributed by atoms with van der Waals surface area (Å²) in [5.41, 5.74) is 1.92. The normalized spacial score (nSPS) is 11.7. The maximum Gasteiger partial charge on any atom is 0.186 e. The standard InChI is InChI=1S/C10H12I2N6/c1-5-7(11)9(17(3)15-5)13-14-10-8(12)6(2)16-18(10)4/h1-4H3/b14-13+. The van der Waals surface area contributed by atoms with Crippen molar-refractivity contribution in [3.05, 3.63) is 18.5 Å². The Bertz CT molecular complexity index is 571. The van der Waals surface area contributed by atoms with E-state index >= 15 is 0 Å². The van der Waals surface area contributed by atoms with Gasteiger partial charge >= 0.3 is 0 Å². The minimum absolute atomic E-state index is 0.766. The number of halogens is 2. The smallest absolute Gasteiger partial charge is 0.186 e. The Balaban J connectivity index is 2.42. The third-order valence-electron chi connectivity index (χ3n) is 2.48. The van der Waals surface area contributed by atoms with E-state index in [2.05, 4.69) is 65.6 Å². The Morgan fingerprint density at radius 3 is 1.39 bits per heavy atom. The molecule has 0 spiro atoms. The van der Waals surface area contributed by atoms with Crippen LogP contribution in [0.3, 0.4) is 0 Å². The molecule has 0 saturated carbocycles. The van der Waals surface area contributed by atoms with Crippen molar-refractivity contribution in [1.82, 2.24) is 19.6 Å². The molecular weight excluding hydrogens is 458 g/mol. The van der Waals surface area contributed by atoms with Crippen LogP contribution in [0.2, 0.25) is 0 Å². The molecule has 0 aromatic carbocycles. The van der Waals surface area contributed by atoms with E-state index in [0.29, 0.717) is 0 Å². The van der Waals surface area contributed by atoms with Crippen LogP contribution in [0.1, 0.15) is 11.4 Å². The van der Waals surface area contributed by atoms with Crippen molar-refractivity contribution in [2.24, 2.45) is 24.3 Å². The van der Waals surface area contributed by atoms with Crippen LogP contribution in [0.5, 0.6) is 0 Å². The molecule has 8 heteroatoms. The number of hydrogen-bond acceptors (Lipinski definition) is 4. The van der Waals surface area contributed by atoms with Gasteiger partial charge in [-0.1, -0.05) is 0 Å². The molecule has 2 rings (SSSR count). The van der Waals surface area contributed by atoms with E-state index in [1.165, 1.54) is 0 Å². The first kappa shape index (κ1) is 13.9. The zero-order valence-electron chi connectivity index (χ0n) is 10.4. The van der Waals surface area contributed by atoms with Crippen LogP contribution >= 0.6 is 45.2 Å². The molecule has 2 aromatic rings. The Morgan fingerprint density at radius 1 is 0.833 bits per heavy atom. The van der Waals surface area contributed by atoms with Gasteiger partial charge in [-0.25, -0.2) is 9.36 Å².